The Morgan fingerprint density at radius 2 is 1.88 bits per heavy atom. The van der Waals surface area contributed by atoms with Crippen LogP contribution in [0.15, 0.2) is 6.08 Å². The van der Waals surface area contributed by atoms with Crippen LogP contribution in [0.4, 0.5) is 0 Å². The van der Waals surface area contributed by atoms with Gasteiger partial charge in [-0.15, -0.1) is 10.2 Å². The quantitative estimate of drug-likeness (QED) is 0.615. The molecule has 1 rings (SSSR count). The summed E-state index contributed by atoms with van der Waals surface area (Å²) in [6, 6.07) is 0. The molecule has 0 aliphatic rings. The SMILES string of the molecule is CC.CC.CCOC(=O)/C=C/c1nnc(C)s1. The van der Waals surface area contributed by atoms with Crippen molar-refractivity contribution in [3.8, 4) is 0 Å². The van der Waals surface area contributed by atoms with Crippen LogP contribution >= 0.6 is 11.3 Å². The van der Waals surface area contributed by atoms with Gasteiger partial charge in [-0.05, 0) is 19.9 Å². The zero-order chi connectivity index (χ0) is 13.7. The highest BCUT2D eigenvalue weighted by atomic mass is 32.1. The average molecular weight is 258 g/mol. The second-order valence-electron chi connectivity index (χ2n) is 2.24. The molecular formula is C12H22N2O2S. The lowest BCUT2D eigenvalue weighted by Gasteiger charge is -1.92. The van der Waals surface area contributed by atoms with E-state index in [2.05, 4.69) is 10.2 Å². The summed E-state index contributed by atoms with van der Waals surface area (Å²) < 4.78 is 4.70. The molecule has 0 spiro atoms. The van der Waals surface area contributed by atoms with Gasteiger partial charge in [-0.3, -0.25) is 0 Å². The lowest BCUT2D eigenvalue weighted by Crippen LogP contribution is -1.98. The fraction of sp³-hybridized carbons (Fsp3) is 0.583. The molecule has 0 amide bonds. The van der Waals surface area contributed by atoms with E-state index in [1.165, 1.54) is 17.4 Å². The molecule has 98 valence electrons. The van der Waals surface area contributed by atoms with Crippen LogP contribution in [0.3, 0.4) is 0 Å². The van der Waals surface area contributed by atoms with E-state index in [1.807, 2.05) is 34.6 Å². The molecular weight excluding hydrogens is 236 g/mol. The highest BCUT2D eigenvalue weighted by molar-refractivity contribution is 7.12. The Kier molecular flexibility index (Phi) is 13.7. The average Bonchev–Trinajstić information content (AvgIpc) is 2.78. The van der Waals surface area contributed by atoms with Crippen molar-refractivity contribution >= 4 is 23.4 Å². The van der Waals surface area contributed by atoms with Crippen LogP contribution in [0, 0.1) is 6.92 Å². The monoisotopic (exact) mass is 258 g/mol. The molecule has 0 aliphatic heterocycles. The summed E-state index contributed by atoms with van der Waals surface area (Å²) in [5.41, 5.74) is 0. The lowest BCUT2D eigenvalue weighted by molar-refractivity contribution is -0.137. The fourth-order valence-electron chi connectivity index (χ4n) is 0.709. The number of hydrogen-bond donors (Lipinski definition) is 0. The van der Waals surface area contributed by atoms with Crippen LogP contribution in [0.1, 0.15) is 44.6 Å². The first-order valence-electron chi connectivity index (χ1n) is 5.87. The van der Waals surface area contributed by atoms with Gasteiger partial charge in [-0.1, -0.05) is 39.0 Å². The molecule has 0 unspecified atom stereocenters. The van der Waals surface area contributed by atoms with E-state index in [0.29, 0.717) is 11.6 Å². The molecule has 17 heavy (non-hydrogen) atoms. The van der Waals surface area contributed by atoms with Gasteiger partial charge < -0.3 is 4.74 Å². The van der Waals surface area contributed by atoms with Crippen molar-refractivity contribution in [2.45, 2.75) is 41.5 Å². The number of aromatic nitrogens is 2. The fourth-order valence-corrected chi connectivity index (χ4v) is 1.31. The first kappa shape index (κ1) is 18.1. The molecule has 1 heterocycles. The third kappa shape index (κ3) is 9.68. The summed E-state index contributed by atoms with van der Waals surface area (Å²) in [7, 11) is 0. The second-order valence-corrected chi connectivity index (χ2v) is 3.46. The maximum Gasteiger partial charge on any atom is 0.330 e. The van der Waals surface area contributed by atoms with E-state index in [-0.39, 0.29) is 5.97 Å². The molecule has 5 heteroatoms. The van der Waals surface area contributed by atoms with E-state index in [1.54, 1.807) is 13.0 Å². The minimum Gasteiger partial charge on any atom is -0.463 e. The van der Waals surface area contributed by atoms with Crippen molar-refractivity contribution in [3.05, 3.63) is 16.1 Å². The number of carbonyl (C=O) groups excluding carboxylic acids is 1. The number of rotatable bonds is 3. The van der Waals surface area contributed by atoms with E-state index >= 15 is 0 Å². The summed E-state index contributed by atoms with van der Waals surface area (Å²) in [5.74, 6) is -0.352. The van der Waals surface area contributed by atoms with Gasteiger partial charge in [0, 0.05) is 6.08 Å². The van der Waals surface area contributed by atoms with Gasteiger partial charge in [0.2, 0.25) is 0 Å². The van der Waals surface area contributed by atoms with E-state index < -0.39 is 0 Å². The third-order valence-corrected chi connectivity index (χ3v) is 1.99. The molecule has 0 saturated carbocycles. The number of aryl methyl sites for hydroxylation is 1. The highest BCUT2D eigenvalue weighted by Crippen LogP contribution is 2.09. The van der Waals surface area contributed by atoms with E-state index in [9.17, 15) is 4.79 Å². The van der Waals surface area contributed by atoms with Crippen molar-refractivity contribution in [2.75, 3.05) is 6.61 Å². The van der Waals surface area contributed by atoms with Gasteiger partial charge in [0.15, 0.2) is 0 Å². The van der Waals surface area contributed by atoms with E-state index in [0.717, 1.165) is 5.01 Å². The minimum absolute atomic E-state index is 0.352. The largest absolute Gasteiger partial charge is 0.463 e. The Morgan fingerprint density at radius 3 is 2.29 bits per heavy atom. The molecule has 0 N–H and O–H groups in total. The van der Waals surface area contributed by atoms with Crippen LogP contribution < -0.4 is 0 Å². The summed E-state index contributed by atoms with van der Waals surface area (Å²) in [5, 5.41) is 9.22. The topological polar surface area (TPSA) is 52.1 Å². The van der Waals surface area contributed by atoms with Gasteiger partial charge >= 0.3 is 5.97 Å². The molecule has 0 aliphatic carbocycles. The molecule has 1 aromatic heterocycles. The maximum atomic E-state index is 10.9. The number of nitrogens with zero attached hydrogens (tertiary/aromatic N) is 2. The van der Waals surface area contributed by atoms with Crippen molar-refractivity contribution in [1.29, 1.82) is 0 Å². The first-order valence-corrected chi connectivity index (χ1v) is 6.69. The lowest BCUT2D eigenvalue weighted by atomic mass is 10.5. The zero-order valence-electron chi connectivity index (χ0n) is 11.5. The van der Waals surface area contributed by atoms with Crippen LogP contribution in [0.25, 0.3) is 6.08 Å². The summed E-state index contributed by atoms with van der Waals surface area (Å²) in [6.07, 6.45) is 2.95. The predicted octanol–water partition coefficient (Wildman–Crippen LogP) is 3.48. The van der Waals surface area contributed by atoms with Gasteiger partial charge in [-0.25, -0.2) is 4.79 Å². The Hall–Kier alpha value is -1.23. The molecule has 0 radical (unpaired) electrons. The number of carbonyl (C=O) groups is 1. The molecule has 0 fully saturated rings. The van der Waals surface area contributed by atoms with Gasteiger partial charge in [0.05, 0.1) is 6.61 Å². The van der Waals surface area contributed by atoms with Crippen molar-refractivity contribution in [1.82, 2.24) is 10.2 Å². The number of hydrogen-bond acceptors (Lipinski definition) is 5. The van der Waals surface area contributed by atoms with Crippen LogP contribution in [-0.4, -0.2) is 22.8 Å². The van der Waals surface area contributed by atoms with Gasteiger partial charge in [0.25, 0.3) is 0 Å². The normalized spacial score (nSPS) is 8.82. The predicted molar refractivity (Wildman–Crippen MR) is 73.0 cm³/mol. The number of ether oxygens (including phenoxy) is 1. The summed E-state index contributed by atoms with van der Waals surface area (Å²) in [4.78, 5) is 10.9. The highest BCUT2D eigenvalue weighted by Gasteiger charge is 1.97. The molecule has 0 aromatic carbocycles. The Balaban J connectivity index is 0. The first-order chi connectivity index (χ1) is 8.22. The maximum absolute atomic E-state index is 10.9. The second kappa shape index (κ2) is 12.8. The molecule has 0 saturated heterocycles. The zero-order valence-corrected chi connectivity index (χ0v) is 12.3. The smallest absolute Gasteiger partial charge is 0.330 e. The third-order valence-electron chi connectivity index (χ3n) is 1.19. The van der Waals surface area contributed by atoms with Gasteiger partial charge in [-0.2, -0.15) is 0 Å². The summed E-state index contributed by atoms with van der Waals surface area (Å²) >= 11 is 1.43. The standard InChI is InChI=1S/C8H10N2O2S.2C2H6/c1-3-12-8(11)5-4-7-10-9-6(2)13-7;2*1-2/h4-5H,3H2,1-2H3;2*1-2H3/b5-4+;;. The van der Waals surface area contributed by atoms with Crippen molar-refractivity contribution in [2.24, 2.45) is 0 Å². The van der Waals surface area contributed by atoms with Gasteiger partial charge in [0.1, 0.15) is 10.0 Å². The van der Waals surface area contributed by atoms with Crippen molar-refractivity contribution < 1.29 is 9.53 Å². The summed E-state index contributed by atoms with van der Waals surface area (Å²) in [6.45, 7) is 12.0. The Bertz CT molecular complexity index is 322. The molecule has 1 aromatic rings. The van der Waals surface area contributed by atoms with E-state index in [4.69, 9.17) is 4.74 Å². The molecule has 4 nitrogen and oxygen atoms in total. The molecule has 0 atom stereocenters. The Labute approximate surface area is 108 Å². The minimum atomic E-state index is -0.352. The van der Waals surface area contributed by atoms with Crippen LogP contribution in [-0.2, 0) is 9.53 Å². The van der Waals surface area contributed by atoms with Crippen LogP contribution in [0.2, 0.25) is 0 Å². The number of esters is 1. The molecule has 0 bridgehead atoms. The van der Waals surface area contributed by atoms with Crippen LogP contribution in [0.5, 0.6) is 0 Å². The Morgan fingerprint density at radius 1 is 1.29 bits per heavy atom. The van der Waals surface area contributed by atoms with Crippen molar-refractivity contribution in [3.63, 3.8) is 0 Å².